The first-order valence-corrected chi connectivity index (χ1v) is 11.0. The highest BCUT2D eigenvalue weighted by Crippen LogP contribution is 2.22. The lowest BCUT2D eigenvalue weighted by molar-refractivity contribution is 0.0629. The fourth-order valence-corrected chi connectivity index (χ4v) is 5.08. The molecule has 2 saturated heterocycles. The quantitative estimate of drug-likeness (QED) is 0.834. The van der Waals surface area contributed by atoms with Crippen LogP contribution in [-0.4, -0.2) is 83.0 Å². The molecule has 2 aliphatic rings. The second kappa shape index (κ2) is 7.40. The summed E-state index contributed by atoms with van der Waals surface area (Å²) in [5.74, 6) is 1.17. The van der Waals surface area contributed by atoms with Gasteiger partial charge < -0.3 is 4.90 Å². The number of hydrogen-bond acceptors (Lipinski definition) is 6. The Morgan fingerprint density at radius 3 is 2.52 bits per heavy atom. The van der Waals surface area contributed by atoms with Gasteiger partial charge in [-0.1, -0.05) is 12.1 Å². The van der Waals surface area contributed by atoms with Crippen LogP contribution in [0.5, 0.6) is 0 Å². The summed E-state index contributed by atoms with van der Waals surface area (Å²) < 4.78 is 23.2. The largest absolute Gasteiger partial charge is 0.339 e. The Labute approximate surface area is 158 Å². The number of piperidine rings is 1. The summed E-state index contributed by atoms with van der Waals surface area (Å²) in [5.41, 5.74) is 1.48. The van der Waals surface area contributed by atoms with Gasteiger partial charge in [0.05, 0.1) is 11.5 Å². The summed E-state index contributed by atoms with van der Waals surface area (Å²) in [7, 11) is -2.86. The Bertz CT molecular complexity index is 891. The van der Waals surface area contributed by atoms with E-state index < -0.39 is 9.84 Å². The minimum absolute atomic E-state index is 0.0241. The van der Waals surface area contributed by atoms with Crippen LogP contribution in [0.2, 0.25) is 0 Å². The van der Waals surface area contributed by atoms with E-state index in [9.17, 15) is 13.2 Å². The molecule has 1 N–H and O–H groups in total. The van der Waals surface area contributed by atoms with E-state index in [4.69, 9.17) is 0 Å². The molecule has 1 aromatic carbocycles. The van der Waals surface area contributed by atoms with E-state index in [1.807, 2.05) is 29.2 Å². The molecule has 4 rings (SSSR count). The molecular formula is C18H23N5O3S. The van der Waals surface area contributed by atoms with Gasteiger partial charge in [-0.05, 0) is 25.0 Å². The number of H-pyrrole nitrogens is 1. The third kappa shape index (κ3) is 4.03. The van der Waals surface area contributed by atoms with Crippen molar-refractivity contribution in [3.8, 4) is 11.4 Å². The molecule has 27 heavy (non-hydrogen) atoms. The number of sulfone groups is 1. The summed E-state index contributed by atoms with van der Waals surface area (Å²) in [6.45, 7) is 2.61. The van der Waals surface area contributed by atoms with Crippen LogP contribution in [0.25, 0.3) is 11.4 Å². The summed E-state index contributed by atoms with van der Waals surface area (Å²) in [6.07, 6.45) is 3.21. The zero-order valence-electron chi connectivity index (χ0n) is 15.0. The standard InChI is InChI=1S/C18H23N5O3S/c24-18(15-3-1-2-14(12-15)17-19-13-20-21-17)23-6-4-16(5-7-23)22-8-10-27(25,26)11-9-22/h1-3,12-13,16H,4-11H2,(H,19,20,21). The molecular weight excluding hydrogens is 366 g/mol. The molecule has 1 aromatic heterocycles. The first-order chi connectivity index (χ1) is 13.0. The van der Waals surface area contributed by atoms with Crippen molar-refractivity contribution in [3.05, 3.63) is 36.2 Å². The molecule has 8 nitrogen and oxygen atoms in total. The van der Waals surface area contributed by atoms with E-state index in [-0.39, 0.29) is 17.4 Å². The molecule has 2 aliphatic heterocycles. The van der Waals surface area contributed by atoms with Crippen molar-refractivity contribution >= 4 is 15.7 Å². The van der Waals surface area contributed by atoms with Crippen LogP contribution in [0.4, 0.5) is 0 Å². The van der Waals surface area contributed by atoms with Gasteiger partial charge in [0.2, 0.25) is 0 Å². The van der Waals surface area contributed by atoms with E-state index >= 15 is 0 Å². The Morgan fingerprint density at radius 2 is 1.85 bits per heavy atom. The monoisotopic (exact) mass is 389 g/mol. The maximum Gasteiger partial charge on any atom is 0.253 e. The third-order valence-corrected chi connectivity index (χ3v) is 7.05. The molecule has 2 fully saturated rings. The second-order valence-electron chi connectivity index (χ2n) is 7.13. The Morgan fingerprint density at radius 1 is 1.11 bits per heavy atom. The van der Waals surface area contributed by atoms with Gasteiger partial charge in [-0.15, -0.1) is 0 Å². The predicted octanol–water partition coefficient (Wildman–Crippen LogP) is 0.807. The van der Waals surface area contributed by atoms with E-state index in [1.165, 1.54) is 6.33 Å². The van der Waals surface area contributed by atoms with Crippen molar-refractivity contribution in [3.63, 3.8) is 0 Å². The highest BCUT2D eigenvalue weighted by atomic mass is 32.2. The number of nitrogens with zero attached hydrogens (tertiary/aromatic N) is 4. The minimum atomic E-state index is -2.86. The average Bonchev–Trinajstić information content (AvgIpc) is 3.23. The van der Waals surface area contributed by atoms with Crippen molar-refractivity contribution in [1.82, 2.24) is 25.0 Å². The fourth-order valence-electron chi connectivity index (χ4n) is 3.85. The van der Waals surface area contributed by atoms with Gasteiger partial charge in [0.15, 0.2) is 15.7 Å². The third-order valence-electron chi connectivity index (χ3n) is 5.45. The van der Waals surface area contributed by atoms with Crippen molar-refractivity contribution in [2.75, 3.05) is 37.7 Å². The van der Waals surface area contributed by atoms with Gasteiger partial charge in [-0.2, -0.15) is 5.10 Å². The van der Waals surface area contributed by atoms with Crippen LogP contribution in [0.3, 0.4) is 0 Å². The lowest BCUT2D eigenvalue weighted by Gasteiger charge is -2.40. The maximum absolute atomic E-state index is 12.9. The smallest absolute Gasteiger partial charge is 0.253 e. The lowest BCUT2D eigenvalue weighted by Crippen LogP contribution is -2.51. The van der Waals surface area contributed by atoms with E-state index in [0.717, 1.165) is 18.4 Å². The van der Waals surface area contributed by atoms with Gasteiger partial charge in [0.1, 0.15) is 6.33 Å². The normalized spacial score (nSPS) is 21.3. The molecule has 0 spiro atoms. The number of hydrogen-bond donors (Lipinski definition) is 1. The number of nitrogens with one attached hydrogen (secondary N) is 1. The molecule has 9 heteroatoms. The molecule has 0 saturated carbocycles. The van der Waals surface area contributed by atoms with Crippen LogP contribution in [0.1, 0.15) is 23.2 Å². The van der Waals surface area contributed by atoms with Gasteiger partial charge >= 0.3 is 0 Å². The molecule has 144 valence electrons. The summed E-state index contributed by atoms with van der Waals surface area (Å²) >= 11 is 0. The fraction of sp³-hybridized carbons (Fsp3) is 0.500. The molecule has 1 amide bonds. The number of carbonyl (C=O) groups excluding carboxylic acids is 1. The van der Waals surface area contributed by atoms with Crippen molar-refractivity contribution in [2.45, 2.75) is 18.9 Å². The lowest BCUT2D eigenvalue weighted by atomic mass is 10.0. The molecule has 0 bridgehead atoms. The number of amides is 1. The summed E-state index contributed by atoms with van der Waals surface area (Å²) in [4.78, 5) is 21.2. The SMILES string of the molecule is O=C(c1cccc(-c2ncn[nH]2)c1)N1CCC(N2CCS(=O)(=O)CC2)CC1. The first-order valence-electron chi connectivity index (χ1n) is 9.21. The number of rotatable bonds is 3. The minimum Gasteiger partial charge on any atom is -0.339 e. The number of carbonyl (C=O) groups is 1. The number of likely N-dealkylation sites (tertiary alicyclic amines) is 1. The van der Waals surface area contributed by atoms with Gasteiger partial charge in [-0.25, -0.2) is 13.4 Å². The highest BCUT2D eigenvalue weighted by Gasteiger charge is 2.31. The number of aromatic amines is 1. The summed E-state index contributed by atoms with van der Waals surface area (Å²) in [5, 5.41) is 6.66. The van der Waals surface area contributed by atoms with Crippen molar-refractivity contribution in [2.24, 2.45) is 0 Å². The zero-order chi connectivity index (χ0) is 18.9. The molecule has 0 atom stereocenters. The molecule has 0 aliphatic carbocycles. The van der Waals surface area contributed by atoms with E-state index in [2.05, 4.69) is 20.1 Å². The van der Waals surface area contributed by atoms with Crippen LogP contribution >= 0.6 is 0 Å². The van der Waals surface area contributed by atoms with E-state index in [1.54, 1.807) is 0 Å². The highest BCUT2D eigenvalue weighted by molar-refractivity contribution is 7.91. The molecule has 2 aromatic rings. The number of benzene rings is 1. The second-order valence-corrected chi connectivity index (χ2v) is 9.43. The van der Waals surface area contributed by atoms with Crippen LogP contribution in [0.15, 0.2) is 30.6 Å². The maximum atomic E-state index is 12.9. The van der Waals surface area contributed by atoms with Gasteiger partial charge in [0.25, 0.3) is 5.91 Å². The van der Waals surface area contributed by atoms with Crippen molar-refractivity contribution in [1.29, 1.82) is 0 Å². The Kier molecular flexibility index (Phi) is 4.96. The first kappa shape index (κ1) is 18.1. The molecule has 3 heterocycles. The van der Waals surface area contributed by atoms with Crippen LogP contribution in [-0.2, 0) is 9.84 Å². The van der Waals surface area contributed by atoms with Gasteiger partial charge in [0, 0.05) is 43.3 Å². The molecule has 0 unspecified atom stereocenters. The topological polar surface area (TPSA) is 99.3 Å². The average molecular weight is 389 g/mol. The Hall–Kier alpha value is -2.26. The molecule has 0 radical (unpaired) electrons. The zero-order valence-corrected chi connectivity index (χ0v) is 15.9. The Balaban J connectivity index is 1.37. The van der Waals surface area contributed by atoms with E-state index in [0.29, 0.717) is 43.6 Å². The van der Waals surface area contributed by atoms with Crippen LogP contribution < -0.4 is 0 Å². The van der Waals surface area contributed by atoms with Crippen LogP contribution in [0, 0.1) is 0 Å². The van der Waals surface area contributed by atoms with Crippen molar-refractivity contribution < 1.29 is 13.2 Å². The van der Waals surface area contributed by atoms with Gasteiger partial charge in [-0.3, -0.25) is 14.8 Å². The number of aromatic nitrogens is 3. The summed E-state index contributed by atoms with van der Waals surface area (Å²) in [6, 6.07) is 7.78. The predicted molar refractivity (Wildman–Crippen MR) is 101 cm³/mol.